The Bertz CT molecular complexity index is 943. The molecule has 1 fully saturated rings. The van der Waals surface area contributed by atoms with E-state index in [0.29, 0.717) is 18.8 Å². The highest BCUT2D eigenvalue weighted by molar-refractivity contribution is 5.92. The number of piperidine rings is 1. The van der Waals surface area contributed by atoms with E-state index in [0.717, 1.165) is 37.4 Å². The maximum atomic E-state index is 13.1. The predicted molar refractivity (Wildman–Crippen MR) is 108 cm³/mol. The van der Waals surface area contributed by atoms with Gasteiger partial charge >= 0.3 is 0 Å². The number of benzene rings is 1. The highest BCUT2D eigenvalue weighted by Crippen LogP contribution is 2.27. The van der Waals surface area contributed by atoms with Crippen molar-refractivity contribution in [2.24, 2.45) is 0 Å². The summed E-state index contributed by atoms with van der Waals surface area (Å²) in [6.45, 7) is 6.96. The lowest BCUT2D eigenvalue weighted by Crippen LogP contribution is -2.40. The molecule has 0 saturated carbocycles. The summed E-state index contributed by atoms with van der Waals surface area (Å²) >= 11 is 0. The zero-order chi connectivity index (χ0) is 19.5. The largest absolute Gasteiger partial charge is 0.337 e. The van der Waals surface area contributed by atoms with Gasteiger partial charge in [0, 0.05) is 44.5 Å². The van der Waals surface area contributed by atoms with E-state index in [1.165, 1.54) is 5.56 Å². The van der Waals surface area contributed by atoms with Gasteiger partial charge in [0.2, 0.25) is 0 Å². The van der Waals surface area contributed by atoms with Gasteiger partial charge in [-0.05, 0) is 38.3 Å². The van der Waals surface area contributed by atoms with E-state index >= 15 is 0 Å². The van der Waals surface area contributed by atoms with Gasteiger partial charge in [-0.2, -0.15) is 5.10 Å². The van der Waals surface area contributed by atoms with Crippen molar-refractivity contribution in [1.82, 2.24) is 24.2 Å². The van der Waals surface area contributed by atoms with Gasteiger partial charge in [-0.1, -0.05) is 30.3 Å². The van der Waals surface area contributed by atoms with Crippen LogP contribution in [0, 0.1) is 6.92 Å². The molecule has 3 heterocycles. The summed E-state index contributed by atoms with van der Waals surface area (Å²) in [6.07, 6.45) is 5.96. The summed E-state index contributed by atoms with van der Waals surface area (Å²) in [5.41, 5.74) is 2.83. The number of hydrogen-bond acceptors (Lipinski definition) is 3. The third-order valence-corrected chi connectivity index (χ3v) is 5.44. The van der Waals surface area contributed by atoms with Crippen molar-refractivity contribution in [2.75, 3.05) is 13.1 Å². The Labute approximate surface area is 165 Å². The zero-order valence-electron chi connectivity index (χ0n) is 16.6. The quantitative estimate of drug-likeness (QED) is 0.684. The smallest absolute Gasteiger partial charge is 0.272 e. The van der Waals surface area contributed by atoms with Crippen LogP contribution in [0.1, 0.15) is 53.3 Å². The fourth-order valence-corrected chi connectivity index (χ4v) is 4.09. The number of hydrogen-bond donors (Lipinski definition) is 0. The molecule has 1 saturated heterocycles. The lowest BCUT2D eigenvalue weighted by molar-refractivity contribution is 0.0691. The molecule has 1 atom stereocenters. The highest BCUT2D eigenvalue weighted by atomic mass is 16.2. The van der Waals surface area contributed by atoms with E-state index in [1.54, 1.807) is 4.68 Å². The molecule has 4 rings (SSSR count). The molecule has 0 unspecified atom stereocenters. The second kappa shape index (κ2) is 8.00. The maximum Gasteiger partial charge on any atom is 0.272 e. The SMILES string of the molecule is CCn1nc(C)cc1C(=O)N1CCC[C@@H](c2nccn2Cc2ccccc2)C1. The van der Waals surface area contributed by atoms with Crippen molar-refractivity contribution < 1.29 is 4.79 Å². The summed E-state index contributed by atoms with van der Waals surface area (Å²) in [5.74, 6) is 1.41. The Hall–Kier alpha value is -2.89. The predicted octanol–water partition coefficient (Wildman–Crippen LogP) is 3.48. The molecule has 0 N–H and O–H groups in total. The number of aryl methyl sites for hydroxylation is 2. The van der Waals surface area contributed by atoms with Crippen LogP contribution in [0.5, 0.6) is 0 Å². The first kappa shape index (κ1) is 18.5. The number of amides is 1. The van der Waals surface area contributed by atoms with Crippen molar-refractivity contribution in [3.05, 3.63) is 71.6 Å². The number of likely N-dealkylation sites (tertiary alicyclic amines) is 1. The Balaban J connectivity index is 1.52. The summed E-state index contributed by atoms with van der Waals surface area (Å²) in [5, 5.41) is 4.43. The van der Waals surface area contributed by atoms with Crippen molar-refractivity contribution in [2.45, 2.75) is 45.7 Å². The van der Waals surface area contributed by atoms with Crippen LogP contribution in [0.2, 0.25) is 0 Å². The van der Waals surface area contributed by atoms with Gasteiger partial charge in [-0.3, -0.25) is 9.48 Å². The lowest BCUT2D eigenvalue weighted by Gasteiger charge is -2.32. The molecule has 0 radical (unpaired) electrons. The Kier molecular flexibility index (Phi) is 5.28. The topological polar surface area (TPSA) is 56.0 Å². The fraction of sp³-hybridized carbons (Fsp3) is 0.409. The van der Waals surface area contributed by atoms with Gasteiger partial charge in [-0.15, -0.1) is 0 Å². The Morgan fingerprint density at radius 3 is 2.86 bits per heavy atom. The minimum Gasteiger partial charge on any atom is -0.337 e. The molecule has 6 nitrogen and oxygen atoms in total. The van der Waals surface area contributed by atoms with Gasteiger partial charge in [0.15, 0.2) is 0 Å². The molecule has 146 valence electrons. The number of aromatic nitrogens is 4. The first-order valence-corrected chi connectivity index (χ1v) is 10.0. The van der Waals surface area contributed by atoms with Gasteiger partial charge in [0.25, 0.3) is 5.91 Å². The maximum absolute atomic E-state index is 13.1. The molecular formula is C22H27N5O. The first-order valence-electron chi connectivity index (χ1n) is 10.0. The van der Waals surface area contributed by atoms with Crippen LogP contribution >= 0.6 is 0 Å². The monoisotopic (exact) mass is 377 g/mol. The van der Waals surface area contributed by atoms with Crippen LogP contribution in [0.25, 0.3) is 0 Å². The van der Waals surface area contributed by atoms with Crippen LogP contribution in [-0.2, 0) is 13.1 Å². The van der Waals surface area contributed by atoms with Crippen LogP contribution in [-0.4, -0.2) is 43.2 Å². The minimum atomic E-state index is 0.0771. The molecular weight excluding hydrogens is 350 g/mol. The second-order valence-corrected chi connectivity index (χ2v) is 7.48. The van der Waals surface area contributed by atoms with E-state index < -0.39 is 0 Å². The van der Waals surface area contributed by atoms with Crippen molar-refractivity contribution in [1.29, 1.82) is 0 Å². The fourth-order valence-electron chi connectivity index (χ4n) is 4.09. The number of carbonyl (C=O) groups is 1. The molecule has 28 heavy (non-hydrogen) atoms. The Morgan fingerprint density at radius 2 is 2.07 bits per heavy atom. The molecule has 1 aliphatic heterocycles. The standard InChI is InChI=1S/C22H27N5O/c1-3-27-20(14-17(2)24-27)22(28)26-12-7-10-19(16-26)21-23-11-13-25(21)15-18-8-5-4-6-9-18/h4-6,8-9,11,13-14,19H,3,7,10,12,15-16H2,1-2H3/t19-/m1/s1. The molecule has 6 heteroatoms. The van der Waals surface area contributed by atoms with Crippen molar-refractivity contribution in [3.63, 3.8) is 0 Å². The van der Waals surface area contributed by atoms with Crippen molar-refractivity contribution >= 4 is 5.91 Å². The van der Waals surface area contributed by atoms with Gasteiger partial charge in [-0.25, -0.2) is 4.98 Å². The molecule has 1 aliphatic rings. The molecule has 3 aromatic rings. The number of nitrogens with zero attached hydrogens (tertiary/aromatic N) is 5. The zero-order valence-corrected chi connectivity index (χ0v) is 16.6. The third kappa shape index (κ3) is 3.72. The average Bonchev–Trinajstić information content (AvgIpc) is 3.34. The number of imidazole rings is 1. The van der Waals surface area contributed by atoms with Gasteiger partial charge in [0.1, 0.15) is 11.5 Å². The Morgan fingerprint density at radius 1 is 1.25 bits per heavy atom. The third-order valence-electron chi connectivity index (χ3n) is 5.44. The van der Waals surface area contributed by atoms with Crippen LogP contribution in [0.3, 0.4) is 0 Å². The summed E-state index contributed by atoms with van der Waals surface area (Å²) < 4.78 is 4.02. The lowest BCUT2D eigenvalue weighted by atomic mass is 9.96. The van der Waals surface area contributed by atoms with E-state index in [2.05, 4.69) is 38.9 Å². The van der Waals surface area contributed by atoms with Crippen LogP contribution in [0.4, 0.5) is 0 Å². The molecule has 0 aliphatic carbocycles. The molecule has 1 amide bonds. The molecule has 1 aromatic carbocycles. The van der Waals surface area contributed by atoms with Crippen LogP contribution in [0.15, 0.2) is 48.8 Å². The van der Waals surface area contributed by atoms with Gasteiger partial charge in [0.05, 0.1) is 5.69 Å². The highest BCUT2D eigenvalue weighted by Gasteiger charge is 2.29. The first-order chi connectivity index (χ1) is 13.7. The molecule has 2 aromatic heterocycles. The summed E-state index contributed by atoms with van der Waals surface area (Å²) in [7, 11) is 0. The molecule has 0 spiro atoms. The summed E-state index contributed by atoms with van der Waals surface area (Å²) in [6, 6.07) is 12.3. The molecule has 0 bridgehead atoms. The normalized spacial score (nSPS) is 17.1. The van der Waals surface area contributed by atoms with Crippen molar-refractivity contribution in [3.8, 4) is 0 Å². The van der Waals surface area contributed by atoms with Gasteiger partial charge < -0.3 is 9.47 Å². The van der Waals surface area contributed by atoms with E-state index in [9.17, 15) is 4.79 Å². The number of carbonyl (C=O) groups excluding carboxylic acids is 1. The summed E-state index contributed by atoms with van der Waals surface area (Å²) in [4.78, 5) is 19.7. The van der Waals surface area contributed by atoms with E-state index in [4.69, 9.17) is 0 Å². The minimum absolute atomic E-state index is 0.0771. The van der Waals surface area contributed by atoms with E-state index in [1.807, 2.05) is 43.3 Å². The van der Waals surface area contributed by atoms with Crippen LogP contribution < -0.4 is 0 Å². The number of rotatable bonds is 5. The average molecular weight is 377 g/mol. The second-order valence-electron chi connectivity index (χ2n) is 7.48. The van der Waals surface area contributed by atoms with E-state index in [-0.39, 0.29) is 11.8 Å².